The summed E-state index contributed by atoms with van der Waals surface area (Å²) in [6.45, 7) is 2.00. The van der Waals surface area contributed by atoms with E-state index in [0.29, 0.717) is 12.1 Å². The summed E-state index contributed by atoms with van der Waals surface area (Å²) in [6.07, 6.45) is 4.98. The molecule has 18 heavy (non-hydrogen) atoms. The van der Waals surface area contributed by atoms with E-state index in [1.54, 1.807) is 0 Å². The van der Waals surface area contributed by atoms with E-state index in [1.807, 2.05) is 31.2 Å². The first-order valence-corrected chi connectivity index (χ1v) is 5.71. The molecular formula is C14H14N2O2. The minimum atomic E-state index is -0.879. The van der Waals surface area contributed by atoms with Crippen LogP contribution in [0.4, 0.5) is 0 Å². The van der Waals surface area contributed by atoms with E-state index in [2.05, 4.69) is 9.97 Å². The van der Waals surface area contributed by atoms with Crippen LogP contribution in [0.2, 0.25) is 0 Å². The number of hydrogen-bond acceptors (Lipinski definition) is 3. The summed E-state index contributed by atoms with van der Waals surface area (Å²) in [7, 11) is 0. The zero-order valence-electron chi connectivity index (χ0n) is 10.1. The maximum atomic E-state index is 11.3. The van der Waals surface area contributed by atoms with Crippen molar-refractivity contribution in [3.05, 3.63) is 59.7 Å². The zero-order valence-corrected chi connectivity index (χ0v) is 10.1. The number of rotatable bonds is 4. The number of nitrogens with zero attached hydrogens (tertiary/aromatic N) is 2. The molecule has 0 aliphatic carbocycles. The number of carboxylic acid groups (broad SMARTS) is 1. The highest BCUT2D eigenvalue weighted by Crippen LogP contribution is 2.19. The normalized spacial score (nSPS) is 12.1. The second-order valence-electron chi connectivity index (χ2n) is 4.21. The summed E-state index contributed by atoms with van der Waals surface area (Å²) in [6, 6.07) is 7.85. The van der Waals surface area contributed by atoms with Crippen LogP contribution in [0.1, 0.15) is 22.7 Å². The van der Waals surface area contributed by atoms with Crippen LogP contribution in [0.3, 0.4) is 0 Å². The third kappa shape index (κ3) is 2.91. The first-order valence-electron chi connectivity index (χ1n) is 5.71. The maximum Gasteiger partial charge on any atom is 0.312 e. The van der Waals surface area contributed by atoms with E-state index in [-0.39, 0.29) is 0 Å². The van der Waals surface area contributed by atoms with Crippen molar-refractivity contribution in [1.29, 1.82) is 0 Å². The van der Waals surface area contributed by atoms with Gasteiger partial charge >= 0.3 is 5.97 Å². The lowest BCUT2D eigenvalue weighted by Crippen LogP contribution is -2.16. The average molecular weight is 242 g/mol. The molecule has 0 saturated heterocycles. The Balaban J connectivity index is 2.22. The van der Waals surface area contributed by atoms with Gasteiger partial charge in [0.2, 0.25) is 0 Å². The third-order valence-corrected chi connectivity index (χ3v) is 2.80. The second-order valence-corrected chi connectivity index (χ2v) is 4.21. The Bertz CT molecular complexity index is 523. The molecule has 4 nitrogen and oxygen atoms in total. The first-order chi connectivity index (χ1) is 8.66. The number of carbonyl (C=O) groups is 1. The molecule has 0 bridgehead atoms. The van der Waals surface area contributed by atoms with Gasteiger partial charge in [-0.25, -0.2) is 0 Å². The van der Waals surface area contributed by atoms with Crippen molar-refractivity contribution < 1.29 is 9.90 Å². The molecule has 0 spiro atoms. The molecule has 1 unspecified atom stereocenters. The number of benzene rings is 1. The lowest BCUT2D eigenvalue weighted by atomic mass is 9.96. The van der Waals surface area contributed by atoms with Gasteiger partial charge in [-0.1, -0.05) is 29.8 Å². The molecule has 0 aliphatic rings. The monoisotopic (exact) mass is 242 g/mol. The number of carboxylic acids is 1. The average Bonchev–Trinajstić information content (AvgIpc) is 2.38. The zero-order chi connectivity index (χ0) is 13.0. The molecule has 2 aromatic rings. The van der Waals surface area contributed by atoms with Gasteiger partial charge in [-0.2, -0.15) is 0 Å². The van der Waals surface area contributed by atoms with Gasteiger partial charge in [-0.15, -0.1) is 0 Å². The highest BCUT2D eigenvalue weighted by Gasteiger charge is 2.21. The van der Waals surface area contributed by atoms with Crippen molar-refractivity contribution >= 4 is 5.97 Å². The Morgan fingerprint density at radius 2 is 2.00 bits per heavy atom. The molecule has 2 rings (SSSR count). The highest BCUT2D eigenvalue weighted by atomic mass is 16.4. The molecule has 1 atom stereocenters. The Morgan fingerprint density at radius 3 is 2.56 bits per heavy atom. The lowest BCUT2D eigenvalue weighted by molar-refractivity contribution is -0.138. The fourth-order valence-electron chi connectivity index (χ4n) is 1.77. The summed E-state index contributed by atoms with van der Waals surface area (Å²) in [5, 5.41) is 9.27. The molecule has 1 aromatic carbocycles. The minimum absolute atomic E-state index is 0.425. The van der Waals surface area contributed by atoms with Crippen LogP contribution in [0.25, 0.3) is 0 Å². The summed E-state index contributed by atoms with van der Waals surface area (Å²) in [5.74, 6) is -1.53. The quantitative estimate of drug-likeness (QED) is 0.892. The van der Waals surface area contributed by atoms with Gasteiger partial charge in [-0.3, -0.25) is 14.8 Å². The Hall–Kier alpha value is -2.23. The molecule has 1 heterocycles. The van der Waals surface area contributed by atoms with Crippen molar-refractivity contribution in [1.82, 2.24) is 9.97 Å². The Labute approximate surface area is 105 Å². The van der Waals surface area contributed by atoms with Crippen LogP contribution in [0.15, 0.2) is 42.9 Å². The van der Waals surface area contributed by atoms with E-state index in [4.69, 9.17) is 0 Å². The van der Waals surface area contributed by atoms with Crippen LogP contribution in [-0.2, 0) is 11.2 Å². The predicted molar refractivity (Wildman–Crippen MR) is 67.3 cm³/mol. The van der Waals surface area contributed by atoms with Gasteiger partial charge in [0, 0.05) is 18.6 Å². The molecule has 1 N–H and O–H groups in total. The molecule has 0 radical (unpaired) electrons. The molecule has 1 aromatic heterocycles. The van der Waals surface area contributed by atoms with Crippen molar-refractivity contribution in [3.63, 3.8) is 0 Å². The van der Waals surface area contributed by atoms with E-state index in [0.717, 1.165) is 11.1 Å². The van der Waals surface area contributed by atoms with Gasteiger partial charge in [0.05, 0.1) is 5.69 Å². The number of aryl methyl sites for hydroxylation is 1. The van der Waals surface area contributed by atoms with Crippen LogP contribution in [0, 0.1) is 6.92 Å². The summed E-state index contributed by atoms with van der Waals surface area (Å²) in [5.41, 5.74) is 2.63. The summed E-state index contributed by atoms with van der Waals surface area (Å²) < 4.78 is 0. The number of aliphatic carboxylic acids is 1. The third-order valence-electron chi connectivity index (χ3n) is 2.80. The molecule has 4 heteroatoms. The van der Waals surface area contributed by atoms with Crippen molar-refractivity contribution in [2.24, 2.45) is 0 Å². The van der Waals surface area contributed by atoms with Gasteiger partial charge < -0.3 is 5.11 Å². The fraction of sp³-hybridized carbons (Fsp3) is 0.214. The summed E-state index contributed by atoms with van der Waals surface area (Å²) in [4.78, 5) is 19.3. The topological polar surface area (TPSA) is 63.1 Å². The molecule has 0 saturated carbocycles. The number of hydrogen-bond donors (Lipinski definition) is 1. The Kier molecular flexibility index (Phi) is 3.67. The molecule has 0 amide bonds. The van der Waals surface area contributed by atoms with E-state index < -0.39 is 11.9 Å². The van der Waals surface area contributed by atoms with Gasteiger partial charge in [0.25, 0.3) is 0 Å². The lowest BCUT2D eigenvalue weighted by Gasteiger charge is -2.11. The fourth-order valence-corrected chi connectivity index (χ4v) is 1.77. The SMILES string of the molecule is Cc1ccc(CC(C(=O)O)c2cnccn2)cc1. The summed E-state index contributed by atoms with van der Waals surface area (Å²) >= 11 is 0. The standard InChI is InChI=1S/C14H14N2O2/c1-10-2-4-11(5-3-10)8-12(14(17)18)13-9-15-6-7-16-13/h2-7,9,12H,8H2,1H3,(H,17,18). The molecule has 92 valence electrons. The molecule has 0 fully saturated rings. The van der Waals surface area contributed by atoms with Crippen molar-refractivity contribution in [3.8, 4) is 0 Å². The largest absolute Gasteiger partial charge is 0.481 e. The van der Waals surface area contributed by atoms with Crippen LogP contribution < -0.4 is 0 Å². The van der Waals surface area contributed by atoms with E-state index in [1.165, 1.54) is 18.6 Å². The molecular weight excluding hydrogens is 228 g/mol. The highest BCUT2D eigenvalue weighted by molar-refractivity contribution is 5.75. The molecule has 0 aliphatic heterocycles. The second kappa shape index (κ2) is 5.40. The minimum Gasteiger partial charge on any atom is -0.481 e. The van der Waals surface area contributed by atoms with Crippen LogP contribution in [0.5, 0.6) is 0 Å². The van der Waals surface area contributed by atoms with E-state index >= 15 is 0 Å². The van der Waals surface area contributed by atoms with Crippen LogP contribution in [-0.4, -0.2) is 21.0 Å². The van der Waals surface area contributed by atoms with Gasteiger partial charge in [-0.05, 0) is 18.9 Å². The van der Waals surface area contributed by atoms with Crippen molar-refractivity contribution in [2.45, 2.75) is 19.3 Å². The predicted octanol–water partition coefficient (Wildman–Crippen LogP) is 2.20. The van der Waals surface area contributed by atoms with Crippen molar-refractivity contribution in [2.75, 3.05) is 0 Å². The van der Waals surface area contributed by atoms with Gasteiger partial charge in [0.15, 0.2) is 0 Å². The smallest absolute Gasteiger partial charge is 0.312 e. The number of aromatic nitrogens is 2. The Morgan fingerprint density at radius 1 is 1.28 bits per heavy atom. The maximum absolute atomic E-state index is 11.3. The van der Waals surface area contributed by atoms with Gasteiger partial charge in [0.1, 0.15) is 5.92 Å². The van der Waals surface area contributed by atoms with Crippen LogP contribution >= 0.6 is 0 Å². The van der Waals surface area contributed by atoms with E-state index in [9.17, 15) is 9.90 Å². The first kappa shape index (κ1) is 12.2.